The van der Waals surface area contributed by atoms with Gasteiger partial charge in [-0.25, -0.2) is 0 Å². The van der Waals surface area contributed by atoms with Gasteiger partial charge in [0.2, 0.25) is 0 Å². The molecular weight excluding hydrogens is 366 g/mol. The van der Waals surface area contributed by atoms with E-state index in [0.29, 0.717) is 49.4 Å². The Kier molecular flexibility index (Phi) is 186. The summed E-state index contributed by atoms with van der Waals surface area (Å²) in [5.41, 5.74) is 0. The average molecular weight is 368 g/mol. The van der Waals surface area contributed by atoms with E-state index in [2.05, 4.69) is 0 Å². The standard InChI is InChI=1S/3O.Sr.Ti.2Zr.2H/q;;;+2;;;;2*-1. The van der Waals surface area contributed by atoms with Crippen molar-refractivity contribution in [3.63, 3.8) is 0 Å². The van der Waals surface area contributed by atoms with E-state index in [4.69, 9.17) is 8.95 Å². The molecule has 0 amide bonds. The van der Waals surface area contributed by atoms with E-state index in [9.17, 15) is 0 Å². The van der Waals surface area contributed by atoms with E-state index in [0.717, 1.165) is 20.4 Å². The molecule has 3 nitrogen and oxygen atoms in total. The number of rotatable bonds is 0. The van der Waals surface area contributed by atoms with Gasteiger partial charge < -0.3 is 2.85 Å². The normalized spacial score (nSPS) is 1.29. The SMILES string of the molecule is [H-].[H-].[O]=[Ti].[O]=[Zr].[O]=[Zr].[Sr+2]. The van der Waals surface area contributed by atoms with Crippen LogP contribution in [0.2, 0.25) is 0 Å². The minimum absolute atomic E-state index is 0. The molecule has 0 aromatic rings. The predicted molar refractivity (Wildman–Crippen MR) is 10.0 cm³/mol. The van der Waals surface area contributed by atoms with Crippen LogP contribution in [0.15, 0.2) is 0 Å². The molecular formula is H2O3SrTiZr2. The van der Waals surface area contributed by atoms with E-state index in [1.165, 1.54) is 0 Å². The van der Waals surface area contributed by atoms with E-state index >= 15 is 0 Å². The fraction of sp³-hybridized carbons (Fsp3) is 0. The first-order valence-electron chi connectivity index (χ1n) is 0.612. The van der Waals surface area contributed by atoms with Gasteiger partial charge in [-0.2, -0.15) is 0 Å². The minimum atomic E-state index is 0. The Labute approximate surface area is 124 Å². The van der Waals surface area contributed by atoms with Crippen LogP contribution in [0.3, 0.4) is 0 Å². The van der Waals surface area contributed by atoms with Crippen molar-refractivity contribution in [2.45, 2.75) is 0 Å². The summed E-state index contributed by atoms with van der Waals surface area (Å²) in [7, 11) is 0. The van der Waals surface area contributed by atoms with Crippen LogP contribution >= 0.6 is 0 Å². The van der Waals surface area contributed by atoms with E-state index in [-0.39, 0.29) is 48.3 Å². The fourth-order valence-electron chi connectivity index (χ4n) is 0. The molecule has 0 radical (unpaired) electrons. The van der Waals surface area contributed by atoms with Gasteiger partial charge in [0.25, 0.3) is 0 Å². The van der Waals surface area contributed by atoms with Crippen molar-refractivity contribution < 1.29 is 81.7 Å². The zero-order chi connectivity index (χ0) is 6.00. The zero-order valence-corrected chi connectivity index (χ0v) is 13.4. The van der Waals surface area contributed by atoms with Gasteiger partial charge in [-0.15, -0.1) is 0 Å². The van der Waals surface area contributed by atoms with Crippen molar-refractivity contribution in [1.29, 1.82) is 0 Å². The maximum Gasteiger partial charge on any atom is 2.00 e. The van der Waals surface area contributed by atoms with Crippen molar-refractivity contribution in [1.82, 2.24) is 0 Å². The Morgan fingerprint density at radius 1 is 1.00 bits per heavy atom. The van der Waals surface area contributed by atoms with Gasteiger partial charge in [0.15, 0.2) is 0 Å². The Bertz CT molecular complexity index is 24.5. The van der Waals surface area contributed by atoms with E-state index < -0.39 is 0 Å². The first kappa shape index (κ1) is 22.4. The first-order chi connectivity index (χ1) is 3.00. The molecule has 7 heteroatoms. The molecule has 0 aromatic carbocycles. The molecule has 0 heterocycles. The van der Waals surface area contributed by atoms with Crippen LogP contribution in [0, 0.1) is 0 Å². The molecule has 0 rings (SSSR count). The van der Waals surface area contributed by atoms with Crippen molar-refractivity contribution in [2.24, 2.45) is 0 Å². The third kappa shape index (κ3) is 44.9. The van der Waals surface area contributed by atoms with Crippen LogP contribution in [0.4, 0.5) is 0 Å². The summed E-state index contributed by atoms with van der Waals surface area (Å²) < 4.78 is 24.9. The maximum absolute atomic E-state index is 8.34. The van der Waals surface area contributed by atoms with Gasteiger partial charge >= 0.3 is 124 Å². The number of hydrogen-bond acceptors (Lipinski definition) is 3. The summed E-state index contributed by atoms with van der Waals surface area (Å²) in [4.78, 5) is 0. The van der Waals surface area contributed by atoms with Crippen molar-refractivity contribution in [3.05, 3.63) is 0 Å². The van der Waals surface area contributed by atoms with Gasteiger partial charge in [-0.05, 0) is 0 Å². The third-order valence-corrected chi connectivity index (χ3v) is 0. The second-order valence-electron chi connectivity index (χ2n) is 0. The van der Waals surface area contributed by atoms with E-state index in [1.54, 1.807) is 0 Å². The summed E-state index contributed by atoms with van der Waals surface area (Å²) in [5.74, 6) is 0. The largest absolute Gasteiger partial charge is 2.00 e. The Morgan fingerprint density at radius 3 is 1.00 bits per heavy atom. The molecule has 0 aromatic heterocycles. The maximum atomic E-state index is 8.34. The summed E-state index contributed by atoms with van der Waals surface area (Å²) in [6.45, 7) is 0. The molecule has 0 saturated heterocycles. The molecule has 0 atom stereocenters. The fourth-order valence-corrected chi connectivity index (χ4v) is 0. The molecule has 0 aliphatic carbocycles. The van der Waals surface area contributed by atoms with Gasteiger partial charge in [-0.3, -0.25) is 0 Å². The molecule has 0 N–H and O–H groups in total. The molecule has 0 aliphatic rings. The third-order valence-electron chi connectivity index (χ3n) is 0. The van der Waals surface area contributed by atoms with Crippen LogP contribution in [-0.2, 0) is 78.8 Å². The topological polar surface area (TPSA) is 51.2 Å². The molecule has 0 aliphatic heterocycles. The van der Waals surface area contributed by atoms with Crippen LogP contribution < -0.4 is 0 Å². The van der Waals surface area contributed by atoms with Crippen LogP contribution in [-0.4, -0.2) is 45.5 Å². The predicted octanol–water partition coefficient (Wildman–Crippen LogP) is -0.520. The first-order valence-corrected chi connectivity index (χ1v) is 3.26. The molecule has 0 bridgehead atoms. The van der Waals surface area contributed by atoms with Gasteiger partial charge in [0, 0.05) is 0 Å². The van der Waals surface area contributed by atoms with Crippen molar-refractivity contribution in [2.75, 3.05) is 0 Å². The molecule has 0 fully saturated rings. The average Bonchev–Trinajstić information content (AvgIpc) is 1.81. The van der Waals surface area contributed by atoms with Crippen LogP contribution in [0.5, 0.6) is 0 Å². The second-order valence-corrected chi connectivity index (χ2v) is 0. The summed E-state index contributed by atoms with van der Waals surface area (Å²) in [6, 6.07) is 0. The monoisotopic (exact) mass is 366 g/mol. The molecule has 0 saturated carbocycles. The second kappa shape index (κ2) is 57.9. The zero-order valence-electron chi connectivity index (χ0n) is 5.43. The van der Waals surface area contributed by atoms with E-state index in [1.807, 2.05) is 0 Å². The summed E-state index contributed by atoms with van der Waals surface area (Å²) in [5, 5.41) is 0. The van der Waals surface area contributed by atoms with Gasteiger partial charge in [0.1, 0.15) is 0 Å². The smallest absolute Gasteiger partial charge is 2.00 e. The van der Waals surface area contributed by atoms with Gasteiger partial charge in [-0.1, -0.05) is 0 Å². The quantitative estimate of drug-likeness (QED) is 0.541. The van der Waals surface area contributed by atoms with Crippen LogP contribution in [0.25, 0.3) is 0 Å². The minimum Gasteiger partial charge on any atom is 2.00 e. The Morgan fingerprint density at radius 2 is 1.00 bits per heavy atom. The molecule has 0 spiro atoms. The number of hydrogen-bond donors (Lipinski definition) is 0. The molecule has 0 unspecified atom stereocenters. The van der Waals surface area contributed by atoms with Crippen LogP contribution in [0.1, 0.15) is 2.85 Å². The van der Waals surface area contributed by atoms with Crippen molar-refractivity contribution in [3.8, 4) is 0 Å². The molecule has 7 heavy (non-hydrogen) atoms. The summed E-state index contributed by atoms with van der Waals surface area (Å²) in [6.07, 6.45) is 0. The Balaban J connectivity index is -0.00000000321. The van der Waals surface area contributed by atoms with Gasteiger partial charge in [0.05, 0.1) is 0 Å². The Hall–Kier alpha value is 3.36. The summed E-state index contributed by atoms with van der Waals surface area (Å²) >= 11 is 1.35. The van der Waals surface area contributed by atoms with Crippen molar-refractivity contribution >= 4 is 45.5 Å². The molecule has 34 valence electrons.